The van der Waals surface area contributed by atoms with Crippen LogP contribution >= 0.6 is 0 Å². The number of nitrogens with two attached hydrogens (primary N) is 1. The van der Waals surface area contributed by atoms with Crippen molar-refractivity contribution in [2.75, 3.05) is 5.32 Å². The number of benzene rings is 2. The summed E-state index contributed by atoms with van der Waals surface area (Å²) in [5.74, 6) is 0.617. The Kier molecular flexibility index (Phi) is 3.92. The number of aromatic hydroxyl groups is 1. The highest BCUT2D eigenvalue weighted by molar-refractivity contribution is 5.95. The standard InChI is InChI=1S/C20H19N5O2/c1-11-5-3-7-14(9-11)19-23-20-22-12(2)16(18(21)27)17(25(20)24-19)13-6-4-8-15(26)10-13/h3-10,17,26H,1-2H3,(H2,21,27)(H,22,23,24). The van der Waals surface area contributed by atoms with Crippen molar-refractivity contribution in [2.24, 2.45) is 5.73 Å². The van der Waals surface area contributed by atoms with Gasteiger partial charge in [0.25, 0.3) is 0 Å². The van der Waals surface area contributed by atoms with E-state index < -0.39 is 11.9 Å². The van der Waals surface area contributed by atoms with Crippen molar-refractivity contribution in [1.29, 1.82) is 0 Å². The quantitative estimate of drug-likeness (QED) is 0.665. The van der Waals surface area contributed by atoms with E-state index in [-0.39, 0.29) is 5.75 Å². The van der Waals surface area contributed by atoms with Gasteiger partial charge in [0.05, 0.1) is 5.57 Å². The molecule has 0 spiro atoms. The van der Waals surface area contributed by atoms with Crippen LogP contribution in [0, 0.1) is 6.92 Å². The number of aryl methyl sites for hydroxylation is 1. The Morgan fingerprint density at radius 1 is 1.19 bits per heavy atom. The molecule has 0 aliphatic carbocycles. The summed E-state index contributed by atoms with van der Waals surface area (Å²) in [6.07, 6.45) is 0. The maximum Gasteiger partial charge on any atom is 0.248 e. The van der Waals surface area contributed by atoms with Gasteiger partial charge in [-0.2, -0.15) is 4.98 Å². The van der Waals surface area contributed by atoms with E-state index in [1.54, 1.807) is 29.8 Å². The summed E-state index contributed by atoms with van der Waals surface area (Å²) < 4.78 is 1.64. The zero-order valence-corrected chi connectivity index (χ0v) is 15.0. The lowest BCUT2D eigenvalue weighted by Crippen LogP contribution is -2.31. The predicted molar refractivity (Wildman–Crippen MR) is 102 cm³/mol. The average molecular weight is 361 g/mol. The number of carbonyl (C=O) groups excluding carboxylic acids is 1. The topological polar surface area (TPSA) is 106 Å². The molecule has 7 heteroatoms. The van der Waals surface area contributed by atoms with Crippen LogP contribution in [0.2, 0.25) is 0 Å². The van der Waals surface area contributed by atoms with Gasteiger partial charge >= 0.3 is 0 Å². The van der Waals surface area contributed by atoms with E-state index in [4.69, 9.17) is 5.73 Å². The van der Waals surface area contributed by atoms with Gasteiger partial charge < -0.3 is 16.2 Å². The molecule has 0 bridgehead atoms. The number of allylic oxidation sites excluding steroid dienone is 1. The molecule has 0 saturated carbocycles. The van der Waals surface area contributed by atoms with Crippen LogP contribution in [0.4, 0.5) is 5.95 Å². The molecule has 136 valence electrons. The lowest BCUT2D eigenvalue weighted by Gasteiger charge is -2.27. The van der Waals surface area contributed by atoms with Gasteiger partial charge in [-0.15, -0.1) is 5.10 Å². The van der Waals surface area contributed by atoms with Gasteiger partial charge in [-0.05, 0) is 37.6 Å². The summed E-state index contributed by atoms with van der Waals surface area (Å²) >= 11 is 0. The second kappa shape index (κ2) is 6.28. The number of aromatic nitrogens is 3. The summed E-state index contributed by atoms with van der Waals surface area (Å²) in [5.41, 5.74) is 9.34. The first-order valence-electron chi connectivity index (χ1n) is 8.54. The minimum absolute atomic E-state index is 0.105. The van der Waals surface area contributed by atoms with E-state index in [9.17, 15) is 9.90 Å². The highest BCUT2D eigenvalue weighted by Crippen LogP contribution is 2.36. The van der Waals surface area contributed by atoms with Gasteiger partial charge in [-0.25, -0.2) is 4.68 Å². The molecule has 4 rings (SSSR count). The molecular weight excluding hydrogens is 342 g/mol. The van der Waals surface area contributed by atoms with Crippen molar-refractivity contribution in [1.82, 2.24) is 14.8 Å². The van der Waals surface area contributed by atoms with Crippen molar-refractivity contribution in [2.45, 2.75) is 19.9 Å². The maximum atomic E-state index is 12.2. The summed E-state index contributed by atoms with van der Waals surface area (Å²) in [6.45, 7) is 3.78. The molecule has 1 amide bonds. The summed E-state index contributed by atoms with van der Waals surface area (Å²) in [5, 5.41) is 17.7. The third-order valence-corrected chi connectivity index (χ3v) is 4.58. The third kappa shape index (κ3) is 2.93. The number of nitrogens with one attached hydrogen (secondary N) is 1. The maximum absolute atomic E-state index is 12.2. The summed E-state index contributed by atoms with van der Waals surface area (Å²) in [7, 11) is 0. The Labute approximate surface area is 156 Å². The zero-order valence-electron chi connectivity index (χ0n) is 15.0. The fraction of sp³-hybridized carbons (Fsp3) is 0.150. The third-order valence-electron chi connectivity index (χ3n) is 4.58. The van der Waals surface area contributed by atoms with Crippen molar-refractivity contribution in [3.63, 3.8) is 0 Å². The highest BCUT2D eigenvalue weighted by Gasteiger charge is 2.33. The Balaban J connectivity index is 1.90. The normalized spacial score (nSPS) is 16.0. The molecule has 4 N–H and O–H groups in total. The highest BCUT2D eigenvalue weighted by atomic mass is 16.3. The minimum Gasteiger partial charge on any atom is -0.508 e. The lowest BCUT2D eigenvalue weighted by atomic mass is 9.95. The molecule has 3 aromatic rings. The number of nitrogens with zero attached hydrogens (tertiary/aromatic N) is 3. The zero-order chi connectivity index (χ0) is 19.1. The Morgan fingerprint density at radius 3 is 2.67 bits per heavy atom. The molecule has 0 radical (unpaired) electrons. The first-order valence-corrected chi connectivity index (χ1v) is 8.54. The number of hydrogen-bond donors (Lipinski definition) is 3. The molecule has 0 fully saturated rings. The molecule has 2 aromatic carbocycles. The molecule has 1 aromatic heterocycles. The average Bonchev–Trinajstić information content (AvgIpc) is 3.03. The fourth-order valence-electron chi connectivity index (χ4n) is 3.38. The number of rotatable bonds is 3. The lowest BCUT2D eigenvalue weighted by molar-refractivity contribution is -0.115. The van der Waals surface area contributed by atoms with Gasteiger partial charge in [0.2, 0.25) is 11.9 Å². The summed E-state index contributed by atoms with van der Waals surface area (Å²) in [4.78, 5) is 16.8. The van der Waals surface area contributed by atoms with Gasteiger partial charge in [0, 0.05) is 11.3 Å². The molecule has 27 heavy (non-hydrogen) atoms. The largest absolute Gasteiger partial charge is 0.508 e. The van der Waals surface area contributed by atoms with E-state index in [1.807, 2.05) is 37.3 Å². The second-order valence-electron chi connectivity index (χ2n) is 6.60. The molecule has 2 heterocycles. The van der Waals surface area contributed by atoms with Gasteiger partial charge in [0.15, 0.2) is 5.82 Å². The van der Waals surface area contributed by atoms with Crippen LogP contribution in [0.3, 0.4) is 0 Å². The van der Waals surface area contributed by atoms with Gasteiger partial charge in [-0.1, -0.05) is 35.9 Å². The number of amides is 1. The van der Waals surface area contributed by atoms with Crippen LogP contribution in [0.15, 0.2) is 59.8 Å². The van der Waals surface area contributed by atoms with E-state index in [0.29, 0.717) is 28.6 Å². The number of fused-ring (bicyclic) bond motifs is 1. The molecular formula is C20H19N5O2. The Hall–Kier alpha value is -3.61. The van der Waals surface area contributed by atoms with Crippen LogP contribution in [0.1, 0.15) is 24.1 Å². The van der Waals surface area contributed by atoms with Crippen LogP contribution in [-0.2, 0) is 4.79 Å². The van der Waals surface area contributed by atoms with Gasteiger partial charge in [0.1, 0.15) is 11.8 Å². The first-order chi connectivity index (χ1) is 12.9. The Bertz CT molecular complexity index is 1080. The van der Waals surface area contributed by atoms with Crippen LogP contribution in [0.25, 0.3) is 11.4 Å². The van der Waals surface area contributed by atoms with Crippen molar-refractivity contribution >= 4 is 11.9 Å². The monoisotopic (exact) mass is 361 g/mol. The van der Waals surface area contributed by atoms with Crippen molar-refractivity contribution < 1.29 is 9.90 Å². The van der Waals surface area contributed by atoms with E-state index in [0.717, 1.165) is 11.1 Å². The molecule has 1 aliphatic rings. The van der Waals surface area contributed by atoms with E-state index >= 15 is 0 Å². The van der Waals surface area contributed by atoms with Crippen LogP contribution in [-0.4, -0.2) is 25.8 Å². The van der Waals surface area contributed by atoms with Crippen LogP contribution < -0.4 is 11.1 Å². The van der Waals surface area contributed by atoms with Crippen LogP contribution in [0.5, 0.6) is 5.75 Å². The van der Waals surface area contributed by atoms with Crippen molar-refractivity contribution in [3.8, 4) is 17.1 Å². The second-order valence-corrected chi connectivity index (χ2v) is 6.60. The molecule has 7 nitrogen and oxygen atoms in total. The number of primary amides is 1. The molecule has 1 atom stereocenters. The fourth-order valence-corrected chi connectivity index (χ4v) is 3.38. The summed E-state index contributed by atoms with van der Waals surface area (Å²) in [6, 6.07) is 14.0. The Morgan fingerprint density at radius 2 is 1.96 bits per heavy atom. The molecule has 1 unspecified atom stereocenters. The first kappa shape index (κ1) is 16.8. The number of carbonyl (C=O) groups is 1. The SMILES string of the molecule is CC1=C(C(N)=O)C(c2cccc(O)c2)n2nc(-c3cccc(C)c3)nc2N1. The van der Waals surface area contributed by atoms with Gasteiger partial charge in [-0.3, -0.25) is 4.79 Å². The minimum atomic E-state index is -0.572. The number of anilines is 1. The van der Waals surface area contributed by atoms with E-state index in [2.05, 4.69) is 15.4 Å². The number of hydrogen-bond acceptors (Lipinski definition) is 5. The molecule has 1 aliphatic heterocycles. The smallest absolute Gasteiger partial charge is 0.248 e. The number of phenols is 1. The number of phenolic OH excluding ortho intramolecular Hbond substituents is 1. The van der Waals surface area contributed by atoms with Crippen molar-refractivity contribution in [3.05, 3.63) is 70.9 Å². The predicted octanol–water partition coefficient (Wildman–Crippen LogP) is 2.73. The van der Waals surface area contributed by atoms with E-state index in [1.165, 1.54) is 0 Å². The molecule has 0 saturated heterocycles.